The highest BCUT2D eigenvalue weighted by Gasteiger charge is 2.35. The fraction of sp³-hybridized carbons (Fsp3) is 0.257. The van der Waals surface area contributed by atoms with Crippen LogP contribution in [0.4, 0.5) is 10.1 Å². The van der Waals surface area contributed by atoms with Gasteiger partial charge in [-0.25, -0.2) is 12.8 Å². The largest absolute Gasteiger partial charge is 0.497 e. The lowest BCUT2D eigenvalue weighted by atomic mass is 10.0. The normalized spacial score (nSPS) is 12.0. The van der Waals surface area contributed by atoms with Crippen LogP contribution in [0.3, 0.4) is 0 Å². The molecule has 1 atom stereocenters. The van der Waals surface area contributed by atoms with Gasteiger partial charge in [0.2, 0.25) is 11.8 Å². The number of hydrogen-bond acceptors (Lipinski definition) is 5. The second-order valence-corrected chi connectivity index (χ2v) is 14.0. The predicted octanol–water partition coefficient (Wildman–Crippen LogP) is 6.75. The summed E-state index contributed by atoms with van der Waals surface area (Å²) in [5.41, 5.74) is 1.44. The molecule has 8 nitrogen and oxygen atoms in total. The lowest BCUT2D eigenvalue weighted by molar-refractivity contribution is -0.140. The van der Waals surface area contributed by atoms with Crippen LogP contribution >= 0.6 is 23.2 Å². The van der Waals surface area contributed by atoms with E-state index in [-0.39, 0.29) is 34.5 Å². The molecule has 47 heavy (non-hydrogen) atoms. The minimum atomic E-state index is -4.36. The molecule has 0 unspecified atom stereocenters. The van der Waals surface area contributed by atoms with Crippen LogP contribution in [0, 0.1) is 11.7 Å². The Morgan fingerprint density at radius 2 is 1.53 bits per heavy atom. The Morgan fingerprint density at radius 3 is 2.13 bits per heavy atom. The number of amides is 2. The number of nitrogens with one attached hydrogen (secondary N) is 1. The molecule has 0 aliphatic carbocycles. The van der Waals surface area contributed by atoms with Gasteiger partial charge in [-0.1, -0.05) is 73.4 Å². The number of carbonyl (C=O) groups excluding carboxylic acids is 2. The number of rotatable bonds is 14. The van der Waals surface area contributed by atoms with Crippen molar-refractivity contribution >= 4 is 50.7 Å². The van der Waals surface area contributed by atoms with Gasteiger partial charge < -0.3 is 15.0 Å². The van der Waals surface area contributed by atoms with Gasteiger partial charge in [-0.15, -0.1) is 0 Å². The number of ether oxygens (including phenoxy) is 1. The molecule has 12 heteroatoms. The van der Waals surface area contributed by atoms with Gasteiger partial charge in [-0.3, -0.25) is 13.9 Å². The van der Waals surface area contributed by atoms with Crippen molar-refractivity contribution < 1.29 is 27.1 Å². The molecular weight excluding hydrogens is 664 g/mol. The molecule has 0 spiro atoms. The predicted molar refractivity (Wildman–Crippen MR) is 183 cm³/mol. The van der Waals surface area contributed by atoms with Crippen molar-refractivity contribution in [3.8, 4) is 5.75 Å². The third kappa shape index (κ3) is 9.47. The minimum absolute atomic E-state index is 0.0638. The van der Waals surface area contributed by atoms with Gasteiger partial charge in [0.15, 0.2) is 0 Å². The summed E-state index contributed by atoms with van der Waals surface area (Å²) in [7, 11) is -2.91. The number of hydrogen-bond donors (Lipinski definition) is 1. The maximum absolute atomic E-state index is 14.5. The molecule has 1 N–H and O–H groups in total. The molecule has 0 radical (unpaired) electrons. The van der Waals surface area contributed by atoms with E-state index in [9.17, 15) is 22.4 Å². The summed E-state index contributed by atoms with van der Waals surface area (Å²) in [5.74, 6) is -1.07. The molecule has 0 saturated heterocycles. The average molecular weight is 701 g/mol. The van der Waals surface area contributed by atoms with Crippen molar-refractivity contribution in [1.29, 1.82) is 0 Å². The molecule has 4 aromatic carbocycles. The molecule has 0 aromatic heterocycles. The number of sulfonamides is 1. The number of benzene rings is 4. The van der Waals surface area contributed by atoms with Crippen molar-refractivity contribution in [3.05, 3.63) is 124 Å². The maximum atomic E-state index is 14.5. The molecule has 248 valence electrons. The van der Waals surface area contributed by atoms with E-state index in [4.69, 9.17) is 27.9 Å². The zero-order chi connectivity index (χ0) is 34.1. The second-order valence-electron chi connectivity index (χ2n) is 11.3. The molecular formula is C35H36Cl2FN3O5S. The molecule has 0 aliphatic heterocycles. The summed E-state index contributed by atoms with van der Waals surface area (Å²) in [4.78, 5) is 29.6. The van der Waals surface area contributed by atoms with Crippen LogP contribution < -0.4 is 14.4 Å². The van der Waals surface area contributed by atoms with Crippen molar-refractivity contribution in [1.82, 2.24) is 10.2 Å². The van der Waals surface area contributed by atoms with E-state index in [1.807, 2.05) is 44.2 Å². The van der Waals surface area contributed by atoms with Gasteiger partial charge in [-0.2, -0.15) is 0 Å². The number of anilines is 1. The fourth-order valence-electron chi connectivity index (χ4n) is 4.82. The highest BCUT2D eigenvalue weighted by molar-refractivity contribution is 7.92. The number of nitrogens with zero attached hydrogens (tertiary/aromatic N) is 2. The molecule has 4 rings (SSSR count). The summed E-state index contributed by atoms with van der Waals surface area (Å²) in [5, 5.41) is 3.51. The first-order valence-electron chi connectivity index (χ1n) is 14.9. The number of carbonyl (C=O) groups is 2. The molecule has 0 heterocycles. The van der Waals surface area contributed by atoms with E-state index in [0.717, 1.165) is 22.0 Å². The monoisotopic (exact) mass is 699 g/mol. The molecule has 0 fully saturated rings. The van der Waals surface area contributed by atoms with E-state index in [2.05, 4.69) is 5.32 Å². The van der Waals surface area contributed by atoms with Gasteiger partial charge in [0.1, 0.15) is 24.2 Å². The Kier molecular flexibility index (Phi) is 12.3. The topological polar surface area (TPSA) is 96.0 Å². The molecule has 4 aromatic rings. The van der Waals surface area contributed by atoms with Crippen LogP contribution in [-0.2, 0) is 32.6 Å². The van der Waals surface area contributed by atoms with Crippen molar-refractivity contribution in [2.45, 2.75) is 37.8 Å². The molecule has 0 saturated carbocycles. The number of methoxy groups -OCH3 is 1. The summed E-state index contributed by atoms with van der Waals surface area (Å²) < 4.78 is 48.2. The summed E-state index contributed by atoms with van der Waals surface area (Å²) in [6.07, 6.45) is 0.152. The van der Waals surface area contributed by atoms with E-state index in [1.54, 1.807) is 18.2 Å². The SMILES string of the molecule is COc1ccc(S(=O)(=O)N(CC(=O)N(Cc2ccc(Cl)c(Cl)c2)[C@H](Cc2ccccc2)C(=O)NCC(C)C)c2ccc(F)cc2)cc1. The smallest absolute Gasteiger partial charge is 0.264 e. The quantitative estimate of drug-likeness (QED) is 0.157. The Hall–Kier alpha value is -4.12. The zero-order valence-corrected chi connectivity index (χ0v) is 28.5. The summed E-state index contributed by atoms with van der Waals surface area (Å²) >= 11 is 12.5. The Bertz CT molecular complexity index is 1770. The fourth-order valence-corrected chi connectivity index (χ4v) is 6.56. The first-order chi connectivity index (χ1) is 22.4. The Morgan fingerprint density at radius 1 is 0.872 bits per heavy atom. The van der Waals surface area contributed by atoms with Crippen LogP contribution in [0.5, 0.6) is 5.75 Å². The first kappa shape index (κ1) is 35.7. The zero-order valence-electron chi connectivity index (χ0n) is 26.2. The highest BCUT2D eigenvalue weighted by Crippen LogP contribution is 2.28. The van der Waals surface area contributed by atoms with Crippen LogP contribution in [0.2, 0.25) is 10.0 Å². The first-order valence-corrected chi connectivity index (χ1v) is 17.1. The standard InChI is InChI=1S/C35H36Cl2FN3O5S/c1-24(2)21-39-35(43)33(20-25-7-5-4-6-8-25)40(22-26-9-18-31(36)32(37)19-26)34(42)23-41(28-12-10-27(38)11-13-28)47(44,45)30-16-14-29(46-3)15-17-30/h4-19,24,33H,20-23H2,1-3H3,(H,39,43)/t33-/m1/s1. The highest BCUT2D eigenvalue weighted by atomic mass is 35.5. The summed E-state index contributed by atoms with van der Waals surface area (Å²) in [6, 6.07) is 23.6. The van der Waals surface area contributed by atoms with Gasteiger partial charge in [0.05, 0.1) is 27.7 Å². The molecule has 0 aliphatic rings. The lowest BCUT2D eigenvalue weighted by Gasteiger charge is -2.34. The molecule has 2 amide bonds. The van der Waals surface area contributed by atoms with Crippen LogP contribution in [0.15, 0.2) is 102 Å². The third-order valence-electron chi connectivity index (χ3n) is 7.33. The van der Waals surface area contributed by atoms with Crippen LogP contribution in [-0.4, -0.2) is 51.4 Å². The lowest BCUT2D eigenvalue weighted by Crippen LogP contribution is -2.53. The van der Waals surface area contributed by atoms with E-state index in [1.165, 1.54) is 48.4 Å². The Balaban J connectivity index is 1.81. The van der Waals surface area contributed by atoms with E-state index >= 15 is 0 Å². The number of halogens is 3. The average Bonchev–Trinajstić information content (AvgIpc) is 3.06. The van der Waals surface area contributed by atoms with Crippen molar-refractivity contribution in [3.63, 3.8) is 0 Å². The Labute approximate surface area is 285 Å². The van der Waals surface area contributed by atoms with Gasteiger partial charge in [0, 0.05) is 19.5 Å². The minimum Gasteiger partial charge on any atom is -0.497 e. The summed E-state index contributed by atoms with van der Waals surface area (Å²) in [6.45, 7) is 3.50. The van der Waals surface area contributed by atoms with Gasteiger partial charge in [-0.05, 0) is 77.7 Å². The molecule has 0 bridgehead atoms. The van der Waals surface area contributed by atoms with Crippen molar-refractivity contribution in [2.24, 2.45) is 5.92 Å². The van der Waals surface area contributed by atoms with Gasteiger partial charge in [0.25, 0.3) is 10.0 Å². The van der Waals surface area contributed by atoms with E-state index < -0.39 is 40.2 Å². The van der Waals surface area contributed by atoms with Crippen molar-refractivity contribution in [2.75, 3.05) is 24.5 Å². The van der Waals surface area contributed by atoms with Crippen LogP contribution in [0.1, 0.15) is 25.0 Å². The van der Waals surface area contributed by atoms with E-state index in [0.29, 0.717) is 22.9 Å². The van der Waals surface area contributed by atoms with Gasteiger partial charge >= 0.3 is 0 Å². The van der Waals surface area contributed by atoms with Crippen LogP contribution in [0.25, 0.3) is 0 Å². The second kappa shape index (κ2) is 16.1. The maximum Gasteiger partial charge on any atom is 0.264 e. The third-order valence-corrected chi connectivity index (χ3v) is 9.86.